The van der Waals surface area contributed by atoms with Gasteiger partial charge in [0.15, 0.2) is 6.04 Å². The molecular weight excluding hydrogens is 386 g/mol. The number of nitrogens with zero attached hydrogens (tertiary/aromatic N) is 2. The molecule has 1 fully saturated rings. The van der Waals surface area contributed by atoms with Crippen LogP contribution in [0.2, 0.25) is 0 Å². The number of anilines is 1. The van der Waals surface area contributed by atoms with Gasteiger partial charge in [0.2, 0.25) is 10.0 Å². The van der Waals surface area contributed by atoms with Gasteiger partial charge in [-0.3, -0.25) is 4.79 Å². The Labute approximate surface area is 172 Å². The lowest BCUT2D eigenvalue weighted by Gasteiger charge is -2.35. The zero-order chi connectivity index (χ0) is 20.6. The summed E-state index contributed by atoms with van der Waals surface area (Å²) in [5.74, 6) is 0.125. The Morgan fingerprint density at radius 1 is 1.00 bits per heavy atom. The molecule has 0 spiro atoms. The van der Waals surface area contributed by atoms with Gasteiger partial charge < -0.3 is 9.80 Å². The molecule has 2 aromatic carbocycles. The number of carbonyl (C=O) groups is 1. The molecule has 2 aromatic rings. The first-order chi connectivity index (χ1) is 13.9. The van der Waals surface area contributed by atoms with Gasteiger partial charge in [-0.15, -0.1) is 0 Å². The van der Waals surface area contributed by atoms with Crippen LogP contribution in [0.4, 0.5) is 5.69 Å². The second-order valence-electron chi connectivity index (χ2n) is 7.97. The zero-order valence-corrected chi connectivity index (χ0v) is 17.8. The fourth-order valence-electron chi connectivity index (χ4n) is 4.28. The number of sulfonamides is 1. The average Bonchev–Trinajstić information content (AvgIpc) is 3.17. The highest BCUT2D eigenvalue weighted by Gasteiger charge is 2.37. The fourth-order valence-corrected chi connectivity index (χ4v) is 5.72. The molecule has 4 rings (SSSR count). The zero-order valence-electron chi connectivity index (χ0n) is 17.0. The summed E-state index contributed by atoms with van der Waals surface area (Å²) in [6, 6.07) is 14.9. The number of fused-ring (bicyclic) bond motifs is 1. The van der Waals surface area contributed by atoms with E-state index in [2.05, 4.69) is 6.07 Å². The van der Waals surface area contributed by atoms with E-state index in [9.17, 15) is 13.2 Å². The number of hydrogen-bond acceptors (Lipinski definition) is 3. The minimum absolute atomic E-state index is 0.125. The monoisotopic (exact) mass is 414 g/mol. The van der Waals surface area contributed by atoms with Crippen LogP contribution in [-0.2, 0) is 21.2 Å². The topological polar surface area (TPSA) is 62.1 Å². The van der Waals surface area contributed by atoms with Crippen molar-refractivity contribution in [2.75, 3.05) is 37.6 Å². The Morgan fingerprint density at radius 2 is 1.66 bits per heavy atom. The molecule has 0 saturated carbocycles. The number of amides is 1. The first-order valence-corrected chi connectivity index (χ1v) is 11.6. The van der Waals surface area contributed by atoms with E-state index in [1.165, 1.54) is 5.56 Å². The molecule has 154 valence electrons. The molecule has 2 heterocycles. The molecule has 6 nitrogen and oxygen atoms in total. The molecule has 1 amide bonds. The average molecular weight is 415 g/mol. The Kier molecular flexibility index (Phi) is 5.46. The van der Waals surface area contributed by atoms with Gasteiger partial charge in [0.05, 0.1) is 31.1 Å². The lowest BCUT2D eigenvalue weighted by Crippen LogP contribution is -3.19. The van der Waals surface area contributed by atoms with Crippen LogP contribution < -0.4 is 9.80 Å². The summed E-state index contributed by atoms with van der Waals surface area (Å²) in [7, 11) is -3.48. The van der Waals surface area contributed by atoms with Crippen LogP contribution >= 0.6 is 0 Å². The third kappa shape index (κ3) is 3.82. The summed E-state index contributed by atoms with van der Waals surface area (Å²) in [5.41, 5.74) is 3.27. The Hall–Kier alpha value is -2.22. The number of nitrogens with one attached hydrogen (secondary N) is 1. The number of aryl methyl sites for hydroxylation is 1. The van der Waals surface area contributed by atoms with Crippen molar-refractivity contribution in [2.45, 2.75) is 31.2 Å². The van der Waals surface area contributed by atoms with E-state index < -0.39 is 10.0 Å². The van der Waals surface area contributed by atoms with Crippen LogP contribution in [0.25, 0.3) is 0 Å². The summed E-state index contributed by atoms with van der Waals surface area (Å²) in [5, 5.41) is 0. The van der Waals surface area contributed by atoms with Crippen LogP contribution in [0.1, 0.15) is 18.1 Å². The van der Waals surface area contributed by atoms with E-state index in [1.807, 2.05) is 49.1 Å². The largest absolute Gasteiger partial charge is 0.323 e. The highest BCUT2D eigenvalue weighted by atomic mass is 32.2. The van der Waals surface area contributed by atoms with E-state index in [4.69, 9.17) is 0 Å². The molecular formula is C22H28N3O3S+. The standard InChI is InChI=1S/C22H27N3O3S/c1-17-7-9-20(10-8-17)29(27,28)24-15-13-23(14-16-24)18(2)22(26)25-12-11-19-5-3-4-6-21(19)25/h3-10,18H,11-16H2,1-2H3/p+1/t18-/m1/s1. The first-order valence-electron chi connectivity index (χ1n) is 10.2. The lowest BCUT2D eigenvalue weighted by molar-refractivity contribution is -0.917. The van der Waals surface area contributed by atoms with Crippen molar-refractivity contribution in [1.29, 1.82) is 0 Å². The highest BCUT2D eigenvalue weighted by molar-refractivity contribution is 7.89. The van der Waals surface area contributed by atoms with Gasteiger partial charge in [-0.05, 0) is 44.0 Å². The molecule has 1 atom stereocenters. The molecule has 2 aliphatic heterocycles. The highest BCUT2D eigenvalue weighted by Crippen LogP contribution is 2.27. The van der Waals surface area contributed by atoms with Crippen molar-refractivity contribution in [3.63, 3.8) is 0 Å². The van der Waals surface area contributed by atoms with Gasteiger partial charge in [-0.25, -0.2) is 8.42 Å². The minimum atomic E-state index is -3.48. The van der Waals surface area contributed by atoms with Crippen molar-refractivity contribution in [3.05, 3.63) is 59.7 Å². The number of carbonyl (C=O) groups excluding carboxylic acids is 1. The van der Waals surface area contributed by atoms with Crippen molar-refractivity contribution in [1.82, 2.24) is 4.31 Å². The normalized spacial score (nSPS) is 19.2. The molecule has 29 heavy (non-hydrogen) atoms. The summed E-state index contributed by atoms with van der Waals surface area (Å²) >= 11 is 0. The number of quaternary nitrogens is 1. The van der Waals surface area contributed by atoms with E-state index in [0.717, 1.165) is 29.1 Å². The predicted molar refractivity (Wildman–Crippen MR) is 113 cm³/mol. The molecule has 0 unspecified atom stereocenters. The van der Waals surface area contributed by atoms with E-state index in [0.29, 0.717) is 31.1 Å². The number of rotatable bonds is 4. The molecule has 0 bridgehead atoms. The van der Waals surface area contributed by atoms with E-state index in [-0.39, 0.29) is 11.9 Å². The number of piperazine rings is 1. The van der Waals surface area contributed by atoms with E-state index >= 15 is 0 Å². The summed E-state index contributed by atoms with van der Waals surface area (Å²) in [6.07, 6.45) is 0.895. The Balaban J connectivity index is 1.40. The van der Waals surface area contributed by atoms with Gasteiger partial charge in [0.25, 0.3) is 5.91 Å². The van der Waals surface area contributed by atoms with Gasteiger partial charge >= 0.3 is 0 Å². The van der Waals surface area contributed by atoms with Gasteiger partial charge in [0, 0.05) is 12.2 Å². The van der Waals surface area contributed by atoms with Crippen LogP contribution in [0.3, 0.4) is 0 Å². The van der Waals surface area contributed by atoms with Crippen molar-refractivity contribution in [3.8, 4) is 0 Å². The molecule has 0 radical (unpaired) electrons. The van der Waals surface area contributed by atoms with Crippen LogP contribution in [0.5, 0.6) is 0 Å². The Bertz CT molecular complexity index is 996. The van der Waals surface area contributed by atoms with Crippen molar-refractivity contribution >= 4 is 21.6 Å². The molecule has 2 aliphatic rings. The maximum Gasteiger partial charge on any atom is 0.284 e. The summed E-state index contributed by atoms with van der Waals surface area (Å²) in [4.78, 5) is 16.5. The maximum atomic E-state index is 13.1. The quantitative estimate of drug-likeness (QED) is 0.807. The minimum Gasteiger partial charge on any atom is -0.323 e. The van der Waals surface area contributed by atoms with Gasteiger partial charge in [-0.1, -0.05) is 35.9 Å². The molecule has 0 aliphatic carbocycles. The van der Waals surface area contributed by atoms with Gasteiger partial charge in [-0.2, -0.15) is 4.31 Å². The Morgan fingerprint density at radius 3 is 2.34 bits per heavy atom. The first kappa shape index (κ1) is 20.1. The second-order valence-corrected chi connectivity index (χ2v) is 9.90. The molecule has 7 heteroatoms. The van der Waals surface area contributed by atoms with E-state index in [1.54, 1.807) is 16.4 Å². The predicted octanol–water partition coefficient (Wildman–Crippen LogP) is 0.862. The number of hydrogen-bond donors (Lipinski definition) is 1. The second kappa shape index (κ2) is 7.89. The van der Waals surface area contributed by atoms with Crippen molar-refractivity contribution in [2.24, 2.45) is 0 Å². The third-order valence-electron chi connectivity index (χ3n) is 6.16. The number of para-hydroxylation sites is 1. The van der Waals surface area contributed by atoms with Crippen molar-refractivity contribution < 1.29 is 18.1 Å². The van der Waals surface area contributed by atoms with Crippen LogP contribution in [0, 0.1) is 6.92 Å². The lowest BCUT2D eigenvalue weighted by atomic mass is 10.1. The van der Waals surface area contributed by atoms with Crippen LogP contribution in [-0.4, -0.2) is 57.4 Å². The SMILES string of the molecule is Cc1ccc(S(=O)(=O)N2CC[NH+]([C@H](C)C(=O)N3CCc4ccccc43)CC2)cc1. The van der Waals surface area contributed by atoms with Gasteiger partial charge in [0.1, 0.15) is 0 Å². The third-order valence-corrected chi connectivity index (χ3v) is 8.07. The molecule has 1 saturated heterocycles. The molecule has 1 N–H and O–H groups in total. The fraction of sp³-hybridized carbons (Fsp3) is 0.409. The molecule has 0 aromatic heterocycles. The maximum absolute atomic E-state index is 13.1. The summed E-state index contributed by atoms with van der Waals surface area (Å²) < 4.78 is 27.3. The van der Waals surface area contributed by atoms with Crippen LogP contribution in [0.15, 0.2) is 53.4 Å². The number of benzene rings is 2. The smallest absolute Gasteiger partial charge is 0.284 e. The summed E-state index contributed by atoms with van der Waals surface area (Å²) in [6.45, 7) is 6.75.